The van der Waals surface area contributed by atoms with Crippen LogP contribution in [-0.4, -0.2) is 42.1 Å². The Bertz CT molecular complexity index is 529. The maximum atomic E-state index is 12.3. The lowest BCUT2D eigenvalue weighted by Crippen LogP contribution is -2.44. The number of para-hydroxylation sites is 1. The van der Waals surface area contributed by atoms with Crippen molar-refractivity contribution in [1.82, 2.24) is 4.31 Å². The van der Waals surface area contributed by atoms with E-state index in [9.17, 15) is 18.6 Å². The first-order valence-electron chi connectivity index (χ1n) is 5.89. The normalized spacial score (nSPS) is 26.1. The maximum absolute atomic E-state index is 12.3. The van der Waals surface area contributed by atoms with Gasteiger partial charge in [-0.15, -0.1) is 0 Å². The van der Waals surface area contributed by atoms with Crippen molar-refractivity contribution in [1.29, 1.82) is 0 Å². The minimum Gasteiger partial charge on any atom is -0.507 e. The number of aliphatic hydroxyl groups is 1. The molecule has 5 nitrogen and oxygen atoms in total. The molecule has 1 saturated heterocycles. The number of phenols is 1. The van der Waals surface area contributed by atoms with E-state index in [1.165, 1.54) is 16.4 Å². The highest BCUT2D eigenvalue weighted by Gasteiger charge is 2.33. The fraction of sp³-hybridized carbons (Fsp3) is 0.500. The number of benzene rings is 1. The van der Waals surface area contributed by atoms with Gasteiger partial charge in [-0.05, 0) is 24.5 Å². The Morgan fingerprint density at radius 1 is 1.33 bits per heavy atom. The van der Waals surface area contributed by atoms with Crippen molar-refractivity contribution >= 4 is 10.0 Å². The fourth-order valence-corrected chi connectivity index (χ4v) is 3.77. The van der Waals surface area contributed by atoms with Crippen LogP contribution in [0.1, 0.15) is 13.3 Å². The van der Waals surface area contributed by atoms with Gasteiger partial charge in [-0.2, -0.15) is 4.31 Å². The summed E-state index contributed by atoms with van der Waals surface area (Å²) in [5, 5.41) is 19.3. The Hall–Kier alpha value is -1.11. The van der Waals surface area contributed by atoms with E-state index in [2.05, 4.69) is 0 Å². The summed E-state index contributed by atoms with van der Waals surface area (Å²) in [5.41, 5.74) is 0. The van der Waals surface area contributed by atoms with Crippen molar-refractivity contribution in [3.05, 3.63) is 24.3 Å². The van der Waals surface area contributed by atoms with E-state index in [1.54, 1.807) is 12.1 Å². The molecule has 0 aromatic heterocycles. The minimum atomic E-state index is -3.68. The molecule has 1 aromatic rings. The first-order chi connectivity index (χ1) is 8.43. The van der Waals surface area contributed by atoms with E-state index in [4.69, 9.17) is 0 Å². The van der Waals surface area contributed by atoms with Crippen molar-refractivity contribution in [3.8, 4) is 5.75 Å². The monoisotopic (exact) mass is 271 g/mol. The molecule has 2 N–H and O–H groups in total. The first kappa shape index (κ1) is 13.3. The quantitative estimate of drug-likeness (QED) is 0.833. The molecule has 0 radical (unpaired) electrons. The van der Waals surface area contributed by atoms with E-state index in [-0.39, 0.29) is 29.7 Å². The summed E-state index contributed by atoms with van der Waals surface area (Å²) in [6, 6.07) is 5.90. The molecule has 1 aliphatic heterocycles. The standard InChI is InChI=1S/C12H17NO4S/c1-9-8-13(7-6-10(9)14)18(16,17)12-5-3-2-4-11(12)15/h2-5,9-10,14-15H,6-8H2,1H3. The third-order valence-corrected chi connectivity index (χ3v) is 5.22. The second-order valence-electron chi connectivity index (χ2n) is 4.66. The topological polar surface area (TPSA) is 77.8 Å². The van der Waals surface area contributed by atoms with E-state index in [0.29, 0.717) is 6.42 Å². The van der Waals surface area contributed by atoms with Gasteiger partial charge in [0.25, 0.3) is 0 Å². The zero-order chi connectivity index (χ0) is 13.3. The lowest BCUT2D eigenvalue weighted by Gasteiger charge is -2.33. The van der Waals surface area contributed by atoms with Crippen LogP contribution in [-0.2, 0) is 10.0 Å². The number of aromatic hydroxyl groups is 1. The van der Waals surface area contributed by atoms with Crippen molar-refractivity contribution < 1.29 is 18.6 Å². The summed E-state index contributed by atoms with van der Waals surface area (Å²) in [5.74, 6) is -0.337. The summed E-state index contributed by atoms with van der Waals surface area (Å²) in [6.45, 7) is 2.37. The van der Waals surface area contributed by atoms with Gasteiger partial charge in [-0.3, -0.25) is 0 Å². The summed E-state index contributed by atoms with van der Waals surface area (Å²) in [7, 11) is -3.68. The van der Waals surface area contributed by atoms with Crippen molar-refractivity contribution in [3.63, 3.8) is 0 Å². The molecule has 100 valence electrons. The predicted octanol–water partition coefficient (Wildman–Crippen LogP) is 0.784. The number of hydrogen-bond donors (Lipinski definition) is 2. The molecule has 6 heteroatoms. The molecule has 1 aliphatic rings. The summed E-state index contributed by atoms with van der Waals surface area (Å²) >= 11 is 0. The van der Waals surface area contributed by atoms with E-state index >= 15 is 0 Å². The van der Waals surface area contributed by atoms with Gasteiger partial charge < -0.3 is 10.2 Å². The molecule has 0 saturated carbocycles. The van der Waals surface area contributed by atoms with Crippen LogP contribution in [0, 0.1) is 5.92 Å². The number of nitrogens with zero attached hydrogens (tertiary/aromatic N) is 1. The van der Waals surface area contributed by atoms with Crippen LogP contribution in [0.2, 0.25) is 0 Å². The van der Waals surface area contributed by atoms with Gasteiger partial charge in [0.2, 0.25) is 10.0 Å². The van der Waals surface area contributed by atoms with Gasteiger partial charge in [0, 0.05) is 13.1 Å². The number of piperidine rings is 1. The van der Waals surface area contributed by atoms with Gasteiger partial charge >= 0.3 is 0 Å². The Kier molecular flexibility index (Phi) is 3.61. The third kappa shape index (κ3) is 2.36. The lowest BCUT2D eigenvalue weighted by atomic mass is 9.99. The molecule has 0 spiro atoms. The van der Waals surface area contributed by atoms with Crippen LogP contribution < -0.4 is 0 Å². The maximum Gasteiger partial charge on any atom is 0.246 e. The lowest BCUT2D eigenvalue weighted by molar-refractivity contribution is 0.0628. The second kappa shape index (κ2) is 4.87. The summed E-state index contributed by atoms with van der Waals surface area (Å²) in [4.78, 5) is -0.0754. The zero-order valence-corrected chi connectivity index (χ0v) is 11.0. The molecule has 18 heavy (non-hydrogen) atoms. The molecule has 0 aliphatic carbocycles. The summed E-state index contributed by atoms with van der Waals surface area (Å²) < 4.78 is 26.0. The minimum absolute atomic E-state index is 0.0754. The highest BCUT2D eigenvalue weighted by molar-refractivity contribution is 7.89. The Morgan fingerprint density at radius 2 is 2.00 bits per heavy atom. The molecular formula is C12H17NO4S. The van der Waals surface area contributed by atoms with Gasteiger partial charge in [-0.1, -0.05) is 19.1 Å². The first-order valence-corrected chi connectivity index (χ1v) is 7.33. The Labute approximate surface area is 107 Å². The smallest absolute Gasteiger partial charge is 0.246 e. The highest BCUT2D eigenvalue weighted by Crippen LogP contribution is 2.28. The van der Waals surface area contributed by atoms with E-state index in [0.717, 1.165) is 0 Å². The van der Waals surface area contributed by atoms with Crippen LogP contribution in [0.3, 0.4) is 0 Å². The molecule has 1 heterocycles. The molecule has 2 atom stereocenters. The number of rotatable bonds is 2. The molecule has 1 aromatic carbocycles. The summed E-state index contributed by atoms with van der Waals surface area (Å²) in [6.07, 6.45) is -0.0330. The predicted molar refractivity (Wildman–Crippen MR) is 66.7 cm³/mol. The fourth-order valence-electron chi connectivity index (χ4n) is 2.13. The van der Waals surface area contributed by atoms with Crippen molar-refractivity contribution in [2.24, 2.45) is 5.92 Å². The van der Waals surface area contributed by atoms with Crippen LogP contribution >= 0.6 is 0 Å². The van der Waals surface area contributed by atoms with Gasteiger partial charge in [0.1, 0.15) is 10.6 Å². The number of phenolic OH excluding ortho intramolecular Hbond substituents is 1. The van der Waals surface area contributed by atoms with Gasteiger partial charge in [-0.25, -0.2) is 8.42 Å². The number of hydrogen-bond acceptors (Lipinski definition) is 4. The Morgan fingerprint density at radius 3 is 2.61 bits per heavy atom. The molecule has 1 fully saturated rings. The molecular weight excluding hydrogens is 254 g/mol. The average Bonchev–Trinajstić information content (AvgIpc) is 2.33. The third-order valence-electron chi connectivity index (χ3n) is 3.31. The Balaban J connectivity index is 2.30. The SMILES string of the molecule is CC1CN(S(=O)(=O)c2ccccc2O)CCC1O. The van der Waals surface area contributed by atoms with Crippen LogP contribution in [0.5, 0.6) is 5.75 Å². The van der Waals surface area contributed by atoms with E-state index in [1.807, 2.05) is 6.92 Å². The highest BCUT2D eigenvalue weighted by atomic mass is 32.2. The van der Waals surface area contributed by atoms with Gasteiger partial charge in [0.15, 0.2) is 0 Å². The van der Waals surface area contributed by atoms with Crippen LogP contribution in [0.15, 0.2) is 29.2 Å². The number of sulfonamides is 1. The van der Waals surface area contributed by atoms with Crippen molar-refractivity contribution in [2.45, 2.75) is 24.3 Å². The van der Waals surface area contributed by atoms with E-state index < -0.39 is 16.1 Å². The zero-order valence-electron chi connectivity index (χ0n) is 10.2. The van der Waals surface area contributed by atoms with Gasteiger partial charge in [0.05, 0.1) is 6.10 Å². The van der Waals surface area contributed by atoms with Crippen molar-refractivity contribution in [2.75, 3.05) is 13.1 Å². The molecule has 0 bridgehead atoms. The van der Waals surface area contributed by atoms with Crippen LogP contribution in [0.4, 0.5) is 0 Å². The largest absolute Gasteiger partial charge is 0.507 e. The van der Waals surface area contributed by atoms with Crippen LogP contribution in [0.25, 0.3) is 0 Å². The molecule has 2 rings (SSSR count). The number of aliphatic hydroxyl groups excluding tert-OH is 1. The second-order valence-corrected chi connectivity index (χ2v) is 6.57. The molecule has 0 amide bonds. The average molecular weight is 271 g/mol. The molecule has 2 unspecified atom stereocenters.